The highest BCUT2D eigenvalue weighted by atomic mass is 16.5. The molecule has 152 valence electrons. The number of urea groups is 1. The van der Waals surface area contributed by atoms with Gasteiger partial charge < -0.3 is 19.9 Å². The highest BCUT2D eigenvalue weighted by Crippen LogP contribution is 2.33. The number of piperazine rings is 1. The van der Waals surface area contributed by atoms with Crippen LogP contribution in [0.5, 0.6) is 5.75 Å². The van der Waals surface area contributed by atoms with Crippen LogP contribution in [0.3, 0.4) is 0 Å². The van der Waals surface area contributed by atoms with E-state index < -0.39 is 0 Å². The molecular formula is C21H25N5O3. The maximum absolute atomic E-state index is 12.8. The summed E-state index contributed by atoms with van der Waals surface area (Å²) in [5.74, 6) is 0.740. The van der Waals surface area contributed by atoms with Gasteiger partial charge in [0.1, 0.15) is 5.75 Å². The number of ether oxygens (including phenoxy) is 1. The van der Waals surface area contributed by atoms with Gasteiger partial charge in [-0.25, -0.2) is 4.79 Å². The highest BCUT2D eigenvalue weighted by molar-refractivity contribution is 5.96. The van der Waals surface area contributed by atoms with E-state index in [2.05, 4.69) is 15.2 Å². The Morgan fingerprint density at radius 2 is 2.10 bits per heavy atom. The smallest absolute Gasteiger partial charge is 0.321 e. The molecule has 0 saturated carbocycles. The fraction of sp³-hybridized carbons (Fsp3) is 0.381. The second-order valence-corrected chi connectivity index (χ2v) is 7.61. The molecular weight excluding hydrogens is 370 g/mol. The van der Waals surface area contributed by atoms with E-state index in [0.717, 1.165) is 12.1 Å². The topological polar surface area (TPSA) is 78.0 Å². The first-order chi connectivity index (χ1) is 14.0. The van der Waals surface area contributed by atoms with Crippen LogP contribution >= 0.6 is 0 Å². The number of benzene rings is 1. The van der Waals surface area contributed by atoms with Crippen LogP contribution in [-0.4, -0.2) is 72.6 Å². The molecule has 8 heteroatoms. The summed E-state index contributed by atoms with van der Waals surface area (Å²) in [4.78, 5) is 35.3. The Kier molecular flexibility index (Phi) is 5.10. The molecule has 2 fully saturated rings. The van der Waals surface area contributed by atoms with E-state index in [1.165, 1.54) is 0 Å². The van der Waals surface area contributed by atoms with Gasteiger partial charge in [-0.2, -0.15) is 0 Å². The molecule has 1 aromatic heterocycles. The number of methoxy groups -OCH3 is 1. The minimum atomic E-state index is -0.268. The maximum Gasteiger partial charge on any atom is 0.321 e. The maximum atomic E-state index is 12.8. The summed E-state index contributed by atoms with van der Waals surface area (Å²) < 4.78 is 5.22. The predicted molar refractivity (Wildman–Crippen MR) is 110 cm³/mol. The number of aromatic nitrogens is 1. The van der Waals surface area contributed by atoms with Crippen molar-refractivity contribution in [3.63, 3.8) is 0 Å². The molecule has 2 aliphatic heterocycles. The largest absolute Gasteiger partial charge is 0.497 e. The van der Waals surface area contributed by atoms with Crippen LogP contribution < -0.4 is 15.0 Å². The number of carbonyl (C=O) groups excluding carboxylic acids is 2. The number of pyridine rings is 1. The summed E-state index contributed by atoms with van der Waals surface area (Å²) in [6, 6.07) is 10.9. The number of hydrogen-bond acceptors (Lipinski definition) is 5. The minimum Gasteiger partial charge on any atom is -0.497 e. The Labute approximate surface area is 170 Å². The number of rotatable bonds is 3. The first kappa shape index (κ1) is 19.2. The van der Waals surface area contributed by atoms with Crippen LogP contribution in [0.4, 0.5) is 16.2 Å². The molecule has 3 heterocycles. The van der Waals surface area contributed by atoms with Crippen LogP contribution in [0.25, 0.3) is 0 Å². The van der Waals surface area contributed by atoms with Crippen molar-refractivity contribution in [3.05, 3.63) is 48.8 Å². The third kappa shape index (κ3) is 3.75. The van der Waals surface area contributed by atoms with Crippen molar-refractivity contribution in [1.29, 1.82) is 0 Å². The summed E-state index contributed by atoms with van der Waals surface area (Å²) in [6.45, 7) is 2.05. The lowest BCUT2D eigenvalue weighted by Crippen LogP contribution is -2.64. The van der Waals surface area contributed by atoms with Crippen LogP contribution in [0.2, 0.25) is 0 Å². The van der Waals surface area contributed by atoms with Crippen LogP contribution in [0, 0.1) is 0 Å². The molecule has 3 amide bonds. The third-order valence-electron chi connectivity index (χ3n) is 5.83. The Balaban J connectivity index is 1.48. The van der Waals surface area contributed by atoms with Crippen molar-refractivity contribution in [2.45, 2.75) is 12.0 Å². The molecule has 4 rings (SSSR count). The number of anilines is 2. The summed E-state index contributed by atoms with van der Waals surface area (Å²) >= 11 is 0. The molecule has 0 bridgehead atoms. The lowest BCUT2D eigenvalue weighted by molar-refractivity contribution is -0.123. The van der Waals surface area contributed by atoms with Gasteiger partial charge in [0.25, 0.3) is 0 Å². The van der Waals surface area contributed by atoms with Gasteiger partial charge in [0.2, 0.25) is 5.91 Å². The van der Waals surface area contributed by atoms with Crippen molar-refractivity contribution < 1.29 is 14.3 Å². The quantitative estimate of drug-likeness (QED) is 0.861. The number of amides is 3. The summed E-state index contributed by atoms with van der Waals surface area (Å²) in [5.41, 5.74) is 1.22. The van der Waals surface area contributed by atoms with Gasteiger partial charge in [0, 0.05) is 37.6 Å². The Morgan fingerprint density at radius 3 is 2.86 bits per heavy atom. The number of nitrogens with one attached hydrogen (secondary N) is 1. The molecule has 1 spiro atoms. The van der Waals surface area contributed by atoms with Crippen LogP contribution in [0.1, 0.15) is 6.42 Å². The molecule has 1 N–H and O–H groups in total. The molecule has 0 radical (unpaired) electrons. The van der Waals surface area contributed by atoms with Gasteiger partial charge in [0.05, 0.1) is 31.1 Å². The third-order valence-corrected chi connectivity index (χ3v) is 5.83. The lowest BCUT2D eigenvalue weighted by atomic mass is 9.92. The molecule has 2 saturated heterocycles. The van der Waals surface area contributed by atoms with Gasteiger partial charge in [-0.1, -0.05) is 6.07 Å². The van der Waals surface area contributed by atoms with E-state index in [0.29, 0.717) is 37.6 Å². The van der Waals surface area contributed by atoms with Crippen molar-refractivity contribution in [2.75, 3.05) is 50.6 Å². The van der Waals surface area contributed by atoms with E-state index >= 15 is 0 Å². The second kappa shape index (κ2) is 7.71. The zero-order valence-electron chi connectivity index (χ0n) is 16.7. The molecule has 2 aliphatic rings. The lowest BCUT2D eigenvalue weighted by Gasteiger charge is -2.46. The molecule has 1 atom stereocenters. The van der Waals surface area contributed by atoms with Gasteiger partial charge >= 0.3 is 6.03 Å². The van der Waals surface area contributed by atoms with E-state index in [1.807, 2.05) is 42.3 Å². The highest BCUT2D eigenvalue weighted by Gasteiger charge is 2.48. The Morgan fingerprint density at radius 1 is 1.24 bits per heavy atom. The van der Waals surface area contributed by atoms with Gasteiger partial charge in [-0.3, -0.25) is 14.7 Å². The summed E-state index contributed by atoms with van der Waals surface area (Å²) in [7, 11) is 3.56. The van der Waals surface area contributed by atoms with E-state index in [-0.39, 0.29) is 17.5 Å². The molecule has 8 nitrogen and oxygen atoms in total. The van der Waals surface area contributed by atoms with E-state index in [4.69, 9.17) is 4.74 Å². The fourth-order valence-electron chi connectivity index (χ4n) is 4.08. The zero-order valence-corrected chi connectivity index (χ0v) is 16.7. The first-order valence-electron chi connectivity index (χ1n) is 9.62. The molecule has 2 aromatic rings. The van der Waals surface area contributed by atoms with Crippen LogP contribution in [-0.2, 0) is 4.79 Å². The normalized spacial score (nSPS) is 22.2. The van der Waals surface area contributed by atoms with Gasteiger partial charge in [-0.15, -0.1) is 0 Å². The second-order valence-electron chi connectivity index (χ2n) is 7.61. The van der Waals surface area contributed by atoms with Gasteiger partial charge in [-0.05, 0) is 37.7 Å². The standard InChI is InChI=1S/C21H25N5O3/c1-24-13-19(27)26(17-6-4-9-22-12-17)15-21(24)8-10-25(14-21)20(28)23-16-5-3-7-18(11-16)29-2/h3-7,9,11-12H,8,10,13-15H2,1-2H3,(H,23,28). The minimum absolute atomic E-state index is 0.0467. The van der Waals surface area contributed by atoms with E-state index in [1.54, 1.807) is 30.5 Å². The average molecular weight is 395 g/mol. The van der Waals surface area contributed by atoms with E-state index in [9.17, 15) is 9.59 Å². The number of likely N-dealkylation sites (N-methyl/N-ethyl adjacent to an activating group) is 1. The Hall–Kier alpha value is -3.13. The van der Waals surface area contributed by atoms with Crippen molar-refractivity contribution in [1.82, 2.24) is 14.8 Å². The zero-order chi connectivity index (χ0) is 20.4. The summed E-state index contributed by atoms with van der Waals surface area (Å²) in [6.07, 6.45) is 4.21. The van der Waals surface area contributed by atoms with Crippen molar-refractivity contribution >= 4 is 23.3 Å². The molecule has 29 heavy (non-hydrogen) atoms. The number of nitrogens with zero attached hydrogens (tertiary/aromatic N) is 4. The van der Waals surface area contributed by atoms with Crippen LogP contribution in [0.15, 0.2) is 48.8 Å². The predicted octanol–water partition coefficient (Wildman–Crippen LogP) is 2.05. The summed E-state index contributed by atoms with van der Waals surface area (Å²) in [5, 5.41) is 2.95. The number of hydrogen-bond donors (Lipinski definition) is 1. The molecule has 1 unspecified atom stereocenters. The molecule has 1 aromatic carbocycles. The monoisotopic (exact) mass is 395 g/mol. The first-order valence-corrected chi connectivity index (χ1v) is 9.62. The molecule has 0 aliphatic carbocycles. The number of carbonyl (C=O) groups is 2. The van der Waals surface area contributed by atoms with Gasteiger partial charge in [0.15, 0.2) is 0 Å². The van der Waals surface area contributed by atoms with Crippen molar-refractivity contribution in [2.24, 2.45) is 0 Å². The van der Waals surface area contributed by atoms with Crippen molar-refractivity contribution in [3.8, 4) is 5.75 Å². The Bertz CT molecular complexity index is 906. The average Bonchev–Trinajstić information content (AvgIpc) is 3.17. The SMILES string of the molecule is COc1cccc(NC(=O)N2CCC3(C2)CN(c2cccnc2)C(=O)CN3C)c1. The number of likely N-dealkylation sites (tertiary alicyclic amines) is 1. The fourth-order valence-corrected chi connectivity index (χ4v) is 4.08.